The molecule has 0 radical (unpaired) electrons. The summed E-state index contributed by atoms with van der Waals surface area (Å²) in [5, 5.41) is 0. The van der Waals surface area contributed by atoms with E-state index in [1.54, 1.807) is 13.4 Å². The Hall–Kier alpha value is -1.36. The summed E-state index contributed by atoms with van der Waals surface area (Å²) in [4.78, 5) is 10.8. The zero-order valence-electron chi connectivity index (χ0n) is 10.5. The highest BCUT2D eigenvalue weighted by molar-refractivity contribution is 5.51. The van der Waals surface area contributed by atoms with E-state index in [1.807, 2.05) is 6.92 Å². The maximum absolute atomic E-state index is 5.69. The third-order valence-electron chi connectivity index (χ3n) is 3.36. The second-order valence-electron chi connectivity index (χ2n) is 4.40. The molecule has 94 valence electrons. The van der Waals surface area contributed by atoms with Crippen LogP contribution in [0, 0.1) is 6.92 Å². The van der Waals surface area contributed by atoms with Crippen molar-refractivity contribution in [2.45, 2.75) is 32.2 Å². The fourth-order valence-electron chi connectivity index (χ4n) is 2.22. The number of hydrogen-bond acceptors (Lipinski definition) is 5. The first-order chi connectivity index (χ1) is 8.27. The van der Waals surface area contributed by atoms with Gasteiger partial charge >= 0.3 is 0 Å². The Bertz CT molecular complexity index is 379. The maximum Gasteiger partial charge on any atom is 0.221 e. The number of nitrogens with two attached hydrogens (primary N) is 1. The molecule has 1 aromatic heterocycles. The van der Waals surface area contributed by atoms with Crippen molar-refractivity contribution in [3.63, 3.8) is 0 Å². The molecule has 1 heterocycles. The van der Waals surface area contributed by atoms with E-state index in [0.717, 1.165) is 17.9 Å². The van der Waals surface area contributed by atoms with E-state index in [2.05, 4.69) is 14.9 Å². The van der Waals surface area contributed by atoms with E-state index in [-0.39, 0.29) is 0 Å². The SMILES string of the molecule is COc1ncnc(N(CCN)C2CCC2)c1C. The van der Waals surface area contributed by atoms with Crippen LogP contribution < -0.4 is 15.4 Å². The summed E-state index contributed by atoms with van der Waals surface area (Å²) in [6, 6.07) is 0.580. The van der Waals surface area contributed by atoms with Crippen molar-refractivity contribution in [1.82, 2.24) is 9.97 Å². The summed E-state index contributed by atoms with van der Waals surface area (Å²) in [6.45, 7) is 3.48. The number of aromatic nitrogens is 2. The predicted octanol–water partition coefficient (Wildman–Crippen LogP) is 1.11. The van der Waals surface area contributed by atoms with E-state index >= 15 is 0 Å². The van der Waals surface area contributed by atoms with Gasteiger partial charge in [0, 0.05) is 19.1 Å². The Morgan fingerprint density at radius 3 is 2.76 bits per heavy atom. The van der Waals surface area contributed by atoms with Crippen LogP contribution in [0.5, 0.6) is 5.88 Å². The summed E-state index contributed by atoms with van der Waals surface area (Å²) in [5.74, 6) is 1.61. The van der Waals surface area contributed by atoms with Crippen LogP contribution in [0.15, 0.2) is 6.33 Å². The molecule has 0 unspecified atom stereocenters. The van der Waals surface area contributed by atoms with Gasteiger partial charge in [-0.25, -0.2) is 9.97 Å². The summed E-state index contributed by atoms with van der Waals surface area (Å²) < 4.78 is 5.24. The zero-order valence-corrected chi connectivity index (χ0v) is 10.5. The Balaban J connectivity index is 2.28. The lowest BCUT2D eigenvalue weighted by atomic mass is 9.91. The second-order valence-corrected chi connectivity index (χ2v) is 4.40. The molecule has 0 aliphatic heterocycles. The van der Waals surface area contributed by atoms with Crippen molar-refractivity contribution < 1.29 is 4.74 Å². The quantitative estimate of drug-likeness (QED) is 0.829. The average Bonchev–Trinajstić information content (AvgIpc) is 2.26. The molecule has 0 amide bonds. The molecule has 5 heteroatoms. The highest BCUT2D eigenvalue weighted by Crippen LogP contribution is 2.31. The van der Waals surface area contributed by atoms with E-state index in [0.29, 0.717) is 18.5 Å². The molecule has 17 heavy (non-hydrogen) atoms. The number of methoxy groups -OCH3 is 1. The van der Waals surface area contributed by atoms with Crippen LogP contribution in [0.2, 0.25) is 0 Å². The minimum Gasteiger partial charge on any atom is -0.481 e. The highest BCUT2D eigenvalue weighted by Gasteiger charge is 2.27. The fourth-order valence-corrected chi connectivity index (χ4v) is 2.22. The molecule has 1 fully saturated rings. The molecule has 2 rings (SSSR count). The molecule has 0 bridgehead atoms. The van der Waals surface area contributed by atoms with Gasteiger partial charge in [-0.2, -0.15) is 0 Å². The topological polar surface area (TPSA) is 64.3 Å². The van der Waals surface area contributed by atoms with Crippen LogP contribution in [-0.4, -0.2) is 36.2 Å². The first-order valence-corrected chi connectivity index (χ1v) is 6.10. The molecule has 0 atom stereocenters. The first kappa shape index (κ1) is 12.1. The summed E-state index contributed by atoms with van der Waals surface area (Å²) in [5.41, 5.74) is 6.68. The van der Waals surface area contributed by atoms with Crippen LogP contribution in [0.4, 0.5) is 5.82 Å². The normalized spacial score (nSPS) is 15.5. The van der Waals surface area contributed by atoms with Crippen molar-refractivity contribution >= 4 is 5.82 Å². The molecular weight excluding hydrogens is 216 g/mol. The van der Waals surface area contributed by atoms with E-state index in [9.17, 15) is 0 Å². The van der Waals surface area contributed by atoms with Crippen LogP contribution >= 0.6 is 0 Å². The lowest BCUT2D eigenvalue weighted by Gasteiger charge is -2.38. The van der Waals surface area contributed by atoms with Gasteiger partial charge < -0.3 is 15.4 Å². The lowest BCUT2D eigenvalue weighted by molar-refractivity contribution is 0.378. The smallest absolute Gasteiger partial charge is 0.221 e. The highest BCUT2D eigenvalue weighted by atomic mass is 16.5. The van der Waals surface area contributed by atoms with Gasteiger partial charge in [0.25, 0.3) is 0 Å². The Labute approximate surface area is 102 Å². The van der Waals surface area contributed by atoms with Gasteiger partial charge in [-0.3, -0.25) is 0 Å². The van der Waals surface area contributed by atoms with Gasteiger partial charge in [0.15, 0.2) is 0 Å². The largest absolute Gasteiger partial charge is 0.481 e. The van der Waals surface area contributed by atoms with Crippen molar-refractivity contribution in [2.75, 3.05) is 25.1 Å². The van der Waals surface area contributed by atoms with Crippen molar-refractivity contribution in [2.24, 2.45) is 5.73 Å². The maximum atomic E-state index is 5.69. The summed E-state index contributed by atoms with van der Waals surface area (Å²) in [6.07, 6.45) is 5.31. The number of anilines is 1. The number of nitrogens with zero attached hydrogens (tertiary/aromatic N) is 3. The summed E-state index contributed by atoms with van der Waals surface area (Å²) in [7, 11) is 1.63. The number of rotatable bonds is 5. The third-order valence-corrected chi connectivity index (χ3v) is 3.36. The van der Waals surface area contributed by atoms with Crippen molar-refractivity contribution in [1.29, 1.82) is 0 Å². The molecule has 1 saturated carbocycles. The standard InChI is InChI=1S/C12H20N4O/c1-9-11(14-8-15-12(9)17-2)16(7-6-13)10-4-3-5-10/h8,10H,3-7,13H2,1-2H3. The zero-order chi connectivity index (χ0) is 12.3. The number of hydrogen-bond donors (Lipinski definition) is 1. The van der Waals surface area contributed by atoms with Gasteiger partial charge in [0.2, 0.25) is 5.88 Å². The van der Waals surface area contributed by atoms with Gasteiger partial charge in [-0.15, -0.1) is 0 Å². The van der Waals surface area contributed by atoms with Gasteiger partial charge in [-0.05, 0) is 26.2 Å². The fraction of sp³-hybridized carbons (Fsp3) is 0.667. The third kappa shape index (κ3) is 2.34. The van der Waals surface area contributed by atoms with Crippen LogP contribution in [0.1, 0.15) is 24.8 Å². The van der Waals surface area contributed by atoms with Crippen LogP contribution in [0.25, 0.3) is 0 Å². The second kappa shape index (κ2) is 5.31. The van der Waals surface area contributed by atoms with E-state index < -0.39 is 0 Å². The van der Waals surface area contributed by atoms with Crippen molar-refractivity contribution in [3.8, 4) is 5.88 Å². The molecule has 1 aromatic rings. The van der Waals surface area contributed by atoms with Crippen LogP contribution in [-0.2, 0) is 0 Å². The molecule has 1 aliphatic carbocycles. The molecule has 1 aliphatic rings. The first-order valence-electron chi connectivity index (χ1n) is 6.10. The molecule has 5 nitrogen and oxygen atoms in total. The molecule has 0 spiro atoms. The molecule has 2 N–H and O–H groups in total. The lowest BCUT2D eigenvalue weighted by Crippen LogP contribution is -2.43. The molecule has 0 aromatic carbocycles. The van der Waals surface area contributed by atoms with E-state index in [4.69, 9.17) is 10.5 Å². The Morgan fingerprint density at radius 1 is 1.47 bits per heavy atom. The van der Waals surface area contributed by atoms with Gasteiger partial charge in [0.05, 0.1) is 12.7 Å². The molecule has 0 saturated heterocycles. The minimum atomic E-state index is 0.580. The molecular formula is C12H20N4O. The van der Waals surface area contributed by atoms with E-state index in [1.165, 1.54) is 19.3 Å². The monoisotopic (exact) mass is 236 g/mol. The van der Waals surface area contributed by atoms with Gasteiger partial charge in [0.1, 0.15) is 12.1 Å². The van der Waals surface area contributed by atoms with Crippen molar-refractivity contribution in [3.05, 3.63) is 11.9 Å². The van der Waals surface area contributed by atoms with Crippen LogP contribution in [0.3, 0.4) is 0 Å². The summed E-state index contributed by atoms with van der Waals surface area (Å²) >= 11 is 0. The predicted molar refractivity (Wildman–Crippen MR) is 67.4 cm³/mol. The Kier molecular flexibility index (Phi) is 3.78. The van der Waals surface area contributed by atoms with Gasteiger partial charge in [-0.1, -0.05) is 0 Å². The Morgan fingerprint density at radius 2 is 2.24 bits per heavy atom. The average molecular weight is 236 g/mol. The minimum absolute atomic E-state index is 0.580. The number of ether oxygens (including phenoxy) is 1.